The van der Waals surface area contributed by atoms with Crippen molar-refractivity contribution in [2.45, 2.75) is 70.1 Å². The van der Waals surface area contributed by atoms with E-state index in [0.29, 0.717) is 13.0 Å². The Bertz CT molecular complexity index is 316. The largest absolute Gasteiger partial charge is 0.394 e. The van der Waals surface area contributed by atoms with Gasteiger partial charge in [-0.25, -0.2) is 0 Å². The maximum absolute atomic E-state index is 9.78. The fourth-order valence-electron chi connectivity index (χ4n) is 2.56. The molecule has 6 heteroatoms. The molecule has 0 aromatic carbocycles. The van der Waals surface area contributed by atoms with Crippen LogP contribution in [0.25, 0.3) is 0 Å². The predicted molar refractivity (Wildman–Crippen MR) is 66.4 cm³/mol. The van der Waals surface area contributed by atoms with Crippen molar-refractivity contribution in [3.05, 3.63) is 0 Å². The van der Waals surface area contributed by atoms with E-state index < -0.39 is 23.8 Å². The smallest absolute Gasteiger partial charge is 0.163 e. The van der Waals surface area contributed by atoms with Crippen molar-refractivity contribution in [2.24, 2.45) is 0 Å². The van der Waals surface area contributed by atoms with Crippen LogP contribution in [0.3, 0.4) is 0 Å². The normalized spacial score (nSPS) is 39.2. The lowest BCUT2D eigenvalue weighted by molar-refractivity contribution is -0.328. The summed E-state index contributed by atoms with van der Waals surface area (Å²) in [6.07, 6.45) is -1.33. The van der Waals surface area contributed by atoms with Crippen LogP contribution in [0.1, 0.15) is 34.1 Å². The molecule has 112 valence electrons. The van der Waals surface area contributed by atoms with Crippen molar-refractivity contribution >= 4 is 0 Å². The molecule has 2 heterocycles. The van der Waals surface area contributed by atoms with Crippen molar-refractivity contribution in [1.82, 2.24) is 0 Å². The summed E-state index contributed by atoms with van der Waals surface area (Å²) in [5, 5.41) is 18.8. The van der Waals surface area contributed by atoms with E-state index in [2.05, 4.69) is 0 Å². The van der Waals surface area contributed by atoms with Crippen LogP contribution in [0, 0.1) is 0 Å². The summed E-state index contributed by atoms with van der Waals surface area (Å²) in [5.41, 5.74) is 0. The molecule has 2 aliphatic rings. The van der Waals surface area contributed by atoms with E-state index in [1.54, 1.807) is 13.8 Å². The summed E-state index contributed by atoms with van der Waals surface area (Å²) in [6, 6.07) is 0. The SMILES string of the molecule is CC1(C)O[C@H]([C@H](O)CO)C[C@@H]([C@H]2COC(C)(C)O2)O1. The van der Waals surface area contributed by atoms with Gasteiger partial charge in [0, 0.05) is 6.42 Å². The molecule has 0 radical (unpaired) electrons. The number of rotatable bonds is 3. The summed E-state index contributed by atoms with van der Waals surface area (Å²) >= 11 is 0. The average molecular weight is 276 g/mol. The minimum Gasteiger partial charge on any atom is -0.394 e. The average Bonchev–Trinajstić information content (AvgIpc) is 2.66. The molecule has 0 saturated carbocycles. The monoisotopic (exact) mass is 276 g/mol. The molecule has 0 aliphatic carbocycles. The lowest BCUT2D eigenvalue weighted by Gasteiger charge is -2.43. The molecule has 2 saturated heterocycles. The Morgan fingerprint density at radius 2 is 1.68 bits per heavy atom. The second-order valence-electron chi connectivity index (χ2n) is 6.07. The minimum atomic E-state index is -0.916. The predicted octanol–water partition coefficient (Wildman–Crippen LogP) is 0.401. The molecule has 2 N–H and O–H groups in total. The Morgan fingerprint density at radius 1 is 1.05 bits per heavy atom. The van der Waals surface area contributed by atoms with Crippen molar-refractivity contribution < 1.29 is 29.2 Å². The molecular weight excluding hydrogens is 252 g/mol. The first-order valence-electron chi connectivity index (χ1n) is 6.69. The van der Waals surface area contributed by atoms with Crippen molar-refractivity contribution in [2.75, 3.05) is 13.2 Å². The summed E-state index contributed by atoms with van der Waals surface area (Å²) in [7, 11) is 0. The molecule has 0 aromatic rings. The number of aliphatic hydroxyl groups is 2. The second kappa shape index (κ2) is 5.27. The highest BCUT2D eigenvalue weighted by atomic mass is 16.8. The van der Waals surface area contributed by atoms with Crippen LogP contribution in [0.15, 0.2) is 0 Å². The number of hydrogen-bond donors (Lipinski definition) is 2. The first kappa shape index (κ1) is 15.2. The number of aliphatic hydroxyl groups excluding tert-OH is 2. The Hall–Kier alpha value is -0.240. The van der Waals surface area contributed by atoms with Crippen LogP contribution in [0.2, 0.25) is 0 Å². The highest BCUT2D eigenvalue weighted by Gasteiger charge is 2.46. The molecular formula is C13H24O6. The molecule has 0 aromatic heterocycles. The third-order valence-electron chi connectivity index (χ3n) is 3.40. The van der Waals surface area contributed by atoms with Gasteiger partial charge in [-0.05, 0) is 27.7 Å². The van der Waals surface area contributed by atoms with E-state index in [1.165, 1.54) is 0 Å². The second-order valence-corrected chi connectivity index (χ2v) is 6.07. The topological polar surface area (TPSA) is 77.4 Å². The maximum Gasteiger partial charge on any atom is 0.163 e. The zero-order valence-corrected chi connectivity index (χ0v) is 12.0. The summed E-state index contributed by atoms with van der Waals surface area (Å²) in [5.74, 6) is -1.43. The van der Waals surface area contributed by atoms with Gasteiger partial charge in [-0.2, -0.15) is 0 Å². The fraction of sp³-hybridized carbons (Fsp3) is 1.00. The first-order valence-corrected chi connectivity index (χ1v) is 6.69. The standard InChI is InChI=1S/C13H24O6/c1-12(2)16-7-11(19-12)10-5-9(8(15)6-14)17-13(3,4)18-10/h8-11,14-15H,5-7H2,1-4H3/t8-,9+,10+,11-/m1/s1. The molecule has 2 aliphatic heterocycles. The Balaban J connectivity index is 2.04. The van der Waals surface area contributed by atoms with Gasteiger partial charge in [0.1, 0.15) is 12.2 Å². The minimum absolute atomic E-state index is 0.188. The van der Waals surface area contributed by atoms with E-state index in [9.17, 15) is 5.11 Å². The zero-order chi connectivity index (χ0) is 14.3. The van der Waals surface area contributed by atoms with Crippen LogP contribution in [0.4, 0.5) is 0 Å². The molecule has 19 heavy (non-hydrogen) atoms. The van der Waals surface area contributed by atoms with Crippen LogP contribution in [-0.4, -0.2) is 59.4 Å². The molecule has 0 bridgehead atoms. The summed E-state index contributed by atoms with van der Waals surface area (Å²) in [6.45, 7) is 7.42. The molecule has 2 rings (SSSR count). The van der Waals surface area contributed by atoms with Gasteiger partial charge < -0.3 is 29.2 Å². The van der Waals surface area contributed by atoms with E-state index in [4.69, 9.17) is 24.1 Å². The van der Waals surface area contributed by atoms with Gasteiger partial charge in [-0.15, -0.1) is 0 Å². The first-order chi connectivity index (χ1) is 8.72. The Kier molecular flexibility index (Phi) is 4.21. The Labute approximate surface area is 113 Å². The Morgan fingerprint density at radius 3 is 2.21 bits per heavy atom. The van der Waals surface area contributed by atoms with E-state index in [0.717, 1.165) is 0 Å². The van der Waals surface area contributed by atoms with Gasteiger partial charge >= 0.3 is 0 Å². The van der Waals surface area contributed by atoms with Gasteiger partial charge in [0.15, 0.2) is 11.6 Å². The molecule has 0 spiro atoms. The van der Waals surface area contributed by atoms with E-state index >= 15 is 0 Å². The third kappa shape index (κ3) is 3.65. The van der Waals surface area contributed by atoms with Crippen molar-refractivity contribution in [3.63, 3.8) is 0 Å². The quantitative estimate of drug-likeness (QED) is 0.777. The van der Waals surface area contributed by atoms with Gasteiger partial charge in [0.05, 0.1) is 25.4 Å². The third-order valence-corrected chi connectivity index (χ3v) is 3.40. The van der Waals surface area contributed by atoms with Gasteiger partial charge in [0.25, 0.3) is 0 Å². The highest BCUT2D eigenvalue weighted by Crippen LogP contribution is 2.34. The summed E-state index contributed by atoms with van der Waals surface area (Å²) < 4.78 is 22.8. The van der Waals surface area contributed by atoms with Crippen LogP contribution in [0.5, 0.6) is 0 Å². The van der Waals surface area contributed by atoms with Gasteiger partial charge in [0.2, 0.25) is 0 Å². The molecule has 0 amide bonds. The molecule has 4 atom stereocenters. The highest BCUT2D eigenvalue weighted by molar-refractivity contribution is 4.87. The lowest BCUT2D eigenvalue weighted by Crippen LogP contribution is -2.53. The number of ether oxygens (including phenoxy) is 4. The van der Waals surface area contributed by atoms with Crippen molar-refractivity contribution in [3.8, 4) is 0 Å². The molecule has 6 nitrogen and oxygen atoms in total. The lowest BCUT2D eigenvalue weighted by atomic mass is 10.0. The van der Waals surface area contributed by atoms with Crippen LogP contribution in [-0.2, 0) is 18.9 Å². The molecule has 2 fully saturated rings. The van der Waals surface area contributed by atoms with Gasteiger partial charge in [-0.3, -0.25) is 0 Å². The zero-order valence-electron chi connectivity index (χ0n) is 12.0. The van der Waals surface area contributed by atoms with Crippen LogP contribution < -0.4 is 0 Å². The maximum atomic E-state index is 9.78. The summed E-state index contributed by atoms with van der Waals surface area (Å²) in [4.78, 5) is 0. The van der Waals surface area contributed by atoms with Crippen LogP contribution >= 0.6 is 0 Å². The number of hydrogen-bond acceptors (Lipinski definition) is 6. The van der Waals surface area contributed by atoms with E-state index in [-0.39, 0.29) is 18.8 Å². The van der Waals surface area contributed by atoms with Gasteiger partial charge in [-0.1, -0.05) is 0 Å². The van der Waals surface area contributed by atoms with E-state index in [1.807, 2.05) is 13.8 Å². The fourth-order valence-corrected chi connectivity index (χ4v) is 2.56. The van der Waals surface area contributed by atoms with Crippen molar-refractivity contribution in [1.29, 1.82) is 0 Å². The molecule has 0 unspecified atom stereocenters.